The van der Waals surface area contributed by atoms with Crippen molar-refractivity contribution in [3.8, 4) is 0 Å². The van der Waals surface area contributed by atoms with Gasteiger partial charge >= 0.3 is 0 Å². The third kappa shape index (κ3) is 8.38. The van der Waals surface area contributed by atoms with Crippen LogP contribution >= 0.6 is 34.8 Å². The molecule has 0 bridgehead atoms. The monoisotopic (exact) mass is 637 g/mol. The van der Waals surface area contributed by atoms with Gasteiger partial charge in [-0.1, -0.05) is 78.5 Å². The third-order valence-electron chi connectivity index (χ3n) is 6.54. The summed E-state index contributed by atoms with van der Waals surface area (Å²) in [4.78, 5) is 28.5. The van der Waals surface area contributed by atoms with Crippen LogP contribution in [0.2, 0.25) is 15.1 Å². The molecule has 0 aliphatic heterocycles. The van der Waals surface area contributed by atoms with Gasteiger partial charge in [0.05, 0.1) is 10.6 Å². The zero-order chi connectivity index (χ0) is 30.5. The lowest BCUT2D eigenvalue weighted by Crippen LogP contribution is -2.51. The van der Waals surface area contributed by atoms with Crippen LogP contribution in [0.15, 0.2) is 65.6 Å². The van der Waals surface area contributed by atoms with Crippen LogP contribution in [-0.2, 0) is 26.2 Å². The van der Waals surface area contributed by atoms with Gasteiger partial charge in [0.1, 0.15) is 12.6 Å². The minimum atomic E-state index is -4.21. The molecular weight excluding hydrogens is 605 g/mol. The second kappa shape index (κ2) is 13.9. The molecular formula is C30H34Cl3N3O4S. The van der Waals surface area contributed by atoms with Gasteiger partial charge in [0.25, 0.3) is 10.0 Å². The Kier molecular flexibility index (Phi) is 11.1. The van der Waals surface area contributed by atoms with Crippen molar-refractivity contribution in [2.24, 2.45) is 5.92 Å². The number of carbonyl (C=O) groups is 2. The first-order chi connectivity index (χ1) is 19.2. The Hall–Kier alpha value is -2.78. The molecule has 0 saturated heterocycles. The van der Waals surface area contributed by atoms with Gasteiger partial charge in [-0.15, -0.1) is 0 Å². The van der Waals surface area contributed by atoms with E-state index in [1.165, 1.54) is 23.1 Å². The van der Waals surface area contributed by atoms with Gasteiger partial charge in [0.15, 0.2) is 0 Å². The Morgan fingerprint density at radius 3 is 2.10 bits per heavy atom. The van der Waals surface area contributed by atoms with Crippen LogP contribution in [0.1, 0.15) is 37.5 Å². The standard InChI is InChI=1S/C30H34Cl3N3O4S/c1-19(2)16-34-30(38)22(5)35(17-23-9-11-24(31)14-27(23)33)29(37)18-36(28-15-25(32)10-8-21(28)4)41(39,40)26-12-6-20(3)7-13-26/h6-15,19,22H,16-18H2,1-5H3,(H,34,38)/t22-/m0/s1. The molecule has 2 amide bonds. The molecule has 1 atom stereocenters. The number of benzene rings is 3. The number of nitrogens with zero attached hydrogens (tertiary/aromatic N) is 2. The van der Waals surface area contributed by atoms with E-state index in [1.54, 1.807) is 56.3 Å². The molecule has 3 aromatic rings. The van der Waals surface area contributed by atoms with Crippen molar-refractivity contribution in [2.45, 2.75) is 52.1 Å². The van der Waals surface area contributed by atoms with Gasteiger partial charge in [-0.2, -0.15) is 0 Å². The summed E-state index contributed by atoms with van der Waals surface area (Å²) in [6.07, 6.45) is 0. The van der Waals surface area contributed by atoms with Crippen LogP contribution < -0.4 is 9.62 Å². The summed E-state index contributed by atoms with van der Waals surface area (Å²) < 4.78 is 29.0. The van der Waals surface area contributed by atoms with Crippen LogP contribution in [0.5, 0.6) is 0 Å². The van der Waals surface area contributed by atoms with Gasteiger partial charge in [0, 0.05) is 28.2 Å². The topological polar surface area (TPSA) is 86.8 Å². The number of rotatable bonds is 11. The van der Waals surface area contributed by atoms with Crippen molar-refractivity contribution in [1.82, 2.24) is 10.2 Å². The maximum atomic E-state index is 14.1. The van der Waals surface area contributed by atoms with E-state index in [4.69, 9.17) is 34.8 Å². The molecule has 1 N–H and O–H groups in total. The fraction of sp³-hybridized carbons (Fsp3) is 0.333. The van der Waals surface area contributed by atoms with Crippen molar-refractivity contribution in [3.05, 3.63) is 92.4 Å². The highest BCUT2D eigenvalue weighted by molar-refractivity contribution is 7.92. The largest absolute Gasteiger partial charge is 0.354 e. The van der Waals surface area contributed by atoms with Gasteiger partial charge in [-0.3, -0.25) is 13.9 Å². The highest BCUT2D eigenvalue weighted by Crippen LogP contribution is 2.30. The van der Waals surface area contributed by atoms with Crippen molar-refractivity contribution < 1.29 is 18.0 Å². The molecule has 0 aromatic heterocycles. The molecule has 220 valence electrons. The van der Waals surface area contributed by atoms with Crippen LogP contribution in [0.4, 0.5) is 5.69 Å². The van der Waals surface area contributed by atoms with Gasteiger partial charge in [-0.05, 0) is 74.2 Å². The Labute approximate surface area is 257 Å². The van der Waals surface area contributed by atoms with E-state index in [0.717, 1.165) is 9.87 Å². The second-order valence-corrected chi connectivity index (χ2v) is 13.5. The summed E-state index contributed by atoms with van der Waals surface area (Å²) in [5.74, 6) is -0.774. The highest BCUT2D eigenvalue weighted by Gasteiger charge is 2.33. The number of sulfonamides is 1. The third-order valence-corrected chi connectivity index (χ3v) is 9.13. The quantitative estimate of drug-likeness (QED) is 0.255. The summed E-state index contributed by atoms with van der Waals surface area (Å²) in [5.41, 5.74) is 2.30. The fourth-order valence-corrected chi connectivity index (χ4v) is 6.18. The summed E-state index contributed by atoms with van der Waals surface area (Å²) in [6.45, 7) is 8.90. The number of hydrogen-bond donors (Lipinski definition) is 1. The number of aryl methyl sites for hydroxylation is 2. The summed E-state index contributed by atoms with van der Waals surface area (Å²) in [6, 6.07) is 15.1. The molecule has 0 unspecified atom stereocenters. The Morgan fingerprint density at radius 2 is 1.49 bits per heavy atom. The first kappa shape index (κ1) is 32.7. The van der Waals surface area contributed by atoms with Crippen LogP contribution in [0, 0.1) is 19.8 Å². The van der Waals surface area contributed by atoms with E-state index in [0.29, 0.717) is 32.7 Å². The molecule has 0 heterocycles. The van der Waals surface area contributed by atoms with E-state index >= 15 is 0 Å². The Bertz CT molecular complexity index is 1510. The number of halogens is 3. The first-order valence-corrected chi connectivity index (χ1v) is 15.6. The smallest absolute Gasteiger partial charge is 0.264 e. The molecule has 0 aliphatic rings. The molecule has 7 nitrogen and oxygen atoms in total. The van der Waals surface area contributed by atoms with Crippen LogP contribution in [0.3, 0.4) is 0 Å². The van der Waals surface area contributed by atoms with Crippen molar-refractivity contribution in [3.63, 3.8) is 0 Å². The maximum absolute atomic E-state index is 14.1. The number of amides is 2. The maximum Gasteiger partial charge on any atom is 0.264 e. The van der Waals surface area contributed by atoms with Gasteiger partial charge < -0.3 is 10.2 Å². The predicted molar refractivity (Wildman–Crippen MR) is 166 cm³/mol. The van der Waals surface area contributed by atoms with E-state index in [-0.39, 0.29) is 29.0 Å². The normalized spacial score (nSPS) is 12.2. The zero-order valence-electron chi connectivity index (χ0n) is 23.6. The van der Waals surface area contributed by atoms with E-state index in [2.05, 4.69) is 5.32 Å². The molecule has 3 aromatic carbocycles. The first-order valence-electron chi connectivity index (χ1n) is 13.1. The van der Waals surface area contributed by atoms with E-state index in [1.807, 2.05) is 20.8 Å². The zero-order valence-corrected chi connectivity index (χ0v) is 26.7. The molecule has 0 fully saturated rings. The Balaban J connectivity index is 2.08. The average Bonchev–Trinajstić information content (AvgIpc) is 2.91. The number of hydrogen-bond acceptors (Lipinski definition) is 4. The lowest BCUT2D eigenvalue weighted by molar-refractivity contribution is -0.139. The Morgan fingerprint density at radius 1 is 0.878 bits per heavy atom. The van der Waals surface area contributed by atoms with E-state index in [9.17, 15) is 18.0 Å². The second-order valence-electron chi connectivity index (χ2n) is 10.3. The van der Waals surface area contributed by atoms with Crippen molar-refractivity contribution in [2.75, 3.05) is 17.4 Å². The number of carbonyl (C=O) groups excluding carboxylic acids is 2. The molecule has 0 saturated carbocycles. The van der Waals surface area contributed by atoms with Crippen molar-refractivity contribution >= 4 is 62.3 Å². The fourth-order valence-electron chi connectivity index (χ4n) is 4.07. The molecule has 0 spiro atoms. The highest BCUT2D eigenvalue weighted by atomic mass is 35.5. The molecule has 3 rings (SSSR count). The predicted octanol–water partition coefficient (Wildman–Crippen LogP) is 6.65. The summed E-state index contributed by atoms with van der Waals surface area (Å²) in [7, 11) is -4.21. The van der Waals surface area contributed by atoms with Crippen LogP contribution in [0.25, 0.3) is 0 Å². The summed E-state index contributed by atoms with van der Waals surface area (Å²) >= 11 is 18.8. The van der Waals surface area contributed by atoms with Gasteiger partial charge in [0.2, 0.25) is 11.8 Å². The number of anilines is 1. The average molecular weight is 639 g/mol. The number of nitrogens with one attached hydrogen (secondary N) is 1. The minimum absolute atomic E-state index is 0.0188. The minimum Gasteiger partial charge on any atom is -0.354 e. The SMILES string of the molecule is Cc1ccc(S(=O)(=O)N(CC(=O)N(Cc2ccc(Cl)cc2Cl)[C@@H](C)C(=O)NCC(C)C)c2cc(Cl)ccc2C)cc1. The lowest BCUT2D eigenvalue weighted by Gasteiger charge is -2.32. The van der Waals surface area contributed by atoms with E-state index < -0.39 is 28.5 Å². The lowest BCUT2D eigenvalue weighted by atomic mass is 10.1. The molecule has 41 heavy (non-hydrogen) atoms. The summed E-state index contributed by atoms with van der Waals surface area (Å²) in [5, 5.41) is 3.91. The van der Waals surface area contributed by atoms with Gasteiger partial charge in [-0.25, -0.2) is 8.42 Å². The van der Waals surface area contributed by atoms with Crippen LogP contribution in [-0.4, -0.2) is 44.3 Å². The molecule has 11 heteroatoms. The van der Waals surface area contributed by atoms with Crippen molar-refractivity contribution in [1.29, 1.82) is 0 Å². The molecule has 0 aliphatic carbocycles. The molecule has 0 radical (unpaired) electrons.